The molecule has 6 heteroatoms. The quantitative estimate of drug-likeness (QED) is 0.208. The maximum Gasteiger partial charge on any atom is 0.185 e. The van der Waals surface area contributed by atoms with Gasteiger partial charge in [-0.15, -0.1) is 0 Å². The summed E-state index contributed by atoms with van der Waals surface area (Å²) in [5.74, 6) is 3.24. The van der Waals surface area contributed by atoms with E-state index in [1.165, 1.54) is 40.8 Å². The van der Waals surface area contributed by atoms with E-state index in [0.717, 1.165) is 54.3 Å². The van der Waals surface area contributed by atoms with Gasteiger partial charge in [-0.2, -0.15) is 0 Å². The Balaban J connectivity index is 1.40. The molecule has 2 fully saturated rings. The Hall–Kier alpha value is -3.12. The normalized spacial score (nSPS) is 16.4. The van der Waals surface area contributed by atoms with Crippen LogP contribution in [0.25, 0.3) is 11.1 Å². The monoisotopic (exact) mass is 632 g/mol. The van der Waals surface area contributed by atoms with E-state index in [1.54, 1.807) is 14.2 Å². The molecule has 2 aliphatic rings. The maximum atomic E-state index is 6.28. The van der Waals surface area contributed by atoms with Crippen molar-refractivity contribution in [1.82, 2.24) is 4.90 Å². The predicted octanol–water partition coefficient (Wildman–Crippen LogP) is 9.16. The summed E-state index contributed by atoms with van der Waals surface area (Å²) in [6, 6.07) is 22.6. The molecule has 0 atom stereocenters. The summed E-state index contributed by atoms with van der Waals surface area (Å²) in [6.07, 6.45) is 6.66. The van der Waals surface area contributed by atoms with Gasteiger partial charge in [0.1, 0.15) is 5.60 Å². The van der Waals surface area contributed by atoms with E-state index < -0.39 is 0 Å². The van der Waals surface area contributed by atoms with E-state index in [0.29, 0.717) is 12.0 Å². The minimum atomic E-state index is -0.208. The van der Waals surface area contributed by atoms with Crippen LogP contribution in [0.2, 0.25) is 0 Å². The first kappa shape index (κ1) is 30.3. The van der Waals surface area contributed by atoms with Gasteiger partial charge < -0.3 is 24.0 Å². The van der Waals surface area contributed by atoms with Crippen LogP contribution >= 0.6 is 15.9 Å². The zero-order valence-electron chi connectivity index (χ0n) is 26.0. The SMILES string of the molecule is C/C=C(\OC(C)(C)C)N1CCC(N(Cc2cccc(-c3cc(OC)c(OC)c(C4CC4)c3)c2)c2ccc(Br)cc2)CC1. The molecule has 0 aromatic heterocycles. The second kappa shape index (κ2) is 13.0. The fourth-order valence-electron chi connectivity index (χ4n) is 5.99. The number of methoxy groups -OCH3 is 2. The van der Waals surface area contributed by atoms with Crippen LogP contribution in [-0.4, -0.2) is 43.9 Å². The van der Waals surface area contributed by atoms with Crippen LogP contribution < -0.4 is 14.4 Å². The van der Waals surface area contributed by atoms with Gasteiger partial charge in [0.15, 0.2) is 17.4 Å². The third-order valence-electron chi connectivity index (χ3n) is 8.17. The Morgan fingerprint density at radius 2 is 1.64 bits per heavy atom. The van der Waals surface area contributed by atoms with Crippen LogP contribution in [0.15, 0.2) is 77.1 Å². The summed E-state index contributed by atoms with van der Waals surface area (Å²) < 4.78 is 18.9. The minimum absolute atomic E-state index is 0.208. The van der Waals surface area contributed by atoms with Gasteiger partial charge in [-0.1, -0.05) is 34.1 Å². The molecule has 5 nitrogen and oxygen atoms in total. The molecule has 3 aromatic carbocycles. The van der Waals surface area contributed by atoms with E-state index in [2.05, 4.69) is 120 Å². The van der Waals surface area contributed by atoms with E-state index in [1.807, 2.05) is 0 Å². The number of rotatable bonds is 10. The van der Waals surface area contributed by atoms with Crippen LogP contribution in [0.1, 0.15) is 70.4 Å². The Morgan fingerprint density at radius 1 is 0.929 bits per heavy atom. The van der Waals surface area contributed by atoms with Gasteiger partial charge in [0.05, 0.1) is 14.2 Å². The second-order valence-electron chi connectivity index (χ2n) is 12.4. The highest BCUT2D eigenvalue weighted by molar-refractivity contribution is 9.10. The Kier molecular flexibility index (Phi) is 9.41. The number of likely N-dealkylation sites (tertiary alicyclic amines) is 1. The molecule has 1 heterocycles. The van der Waals surface area contributed by atoms with Crippen molar-refractivity contribution in [2.75, 3.05) is 32.2 Å². The number of halogens is 1. The molecule has 42 heavy (non-hydrogen) atoms. The predicted molar refractivity (Wildman–Crippen MR) is 176 cm³/mol. The van der Waals surface area contributed by atoms with E-state index >= 15 is 0 Å². The van der Waals surface area contributed by atoms with Crippen molar-refractivity contribution >= 4 is 21.6 Å². The summed E-state index contributed by atoms with van der Waals surface area (Å²) in [4.78, 5) is 4.99. The van der Waals surface area contributed by atoms with Crippen LogP contribution in [-0.2, 0) is 11.3 Å². The molecular weight excluding hydrogens is 588 g/mol. The molecule has 1 aliphatic carbocycles. The molecule has 1 saturated carbocycles. The van der Waals surface area contributed by atoms with Gasteiger partial charge in [-0.25, -0.2) is 0 Å². The Morgan fingerprint density at radius 3 is 2.24 bits per heavy atom. The van der Waals surface area contributed by atoms with Crippen molar-refractivity contribution in [2.45, 2.75) is 77.5 Å². The van der Waals surface area contributed by atoms with Crippen LogP contribution in [0, 0.1) is 0 Å². The van der Waals surface area contributed by atoms with E-state index in [9.17, 15) is 0 Å². The number of nitrogens with zero attached hydrogens (tertiary/aromatic N) is 2. The average molecular weight is 634 g/mol. The lowest BCUT2D eigenvalue weighted by Crippen LogP contribution is -2.45. The molecule has 1 aliphatic heterocycles. The van der Waals surface area contributed by atoms with Crippen molar-refractivity contribution < 1.29 is 14.2 Å². The lowest BCUT2D eigenvalue weighted by Gasteiger charge is -2.42. The molecule has 0 bridgehead atoms. The van der Waals surface area contributed by atoms with Gasteiger partial charge in [0, 0.05) is 41.4 Å². The van der Waals surface area contributed by atoms with Crippen LogP contribution in [0.3, 0.4) is 0 Å². The summed E-state index contributed by atoms with van der Waals surface area (Å²) in [6.45, 7) is 11.2. The van der Waals surface area contributed by atoms with Crippen molar-refractivity contribution in [3.63, 3.8) is 0 Å². The molecule has 0 spiro atoms. The molecule has 3 aromatic rings. The topological polar surface area (TPSA) is 34.2 Å². The number of hydrogen-bond donors (Lipinski definition) is 0. The third kappa shape index (κ3) is 7.26. The molecule has 0 N–H and O–H groups in total. The summed E-state index contributed by atoms with van der Waals surface area (Å²) >= 11 is 3.63. The first-order valence-corrected chi connectivity index (χ1v) is 16.0. The van der Waals surface area contributed by atoms with Gasteiger partial charge in [-0.05, 0) is 125 Å². The number of hydrogen-bond acceptors (Lipinski definition) is 5. The maximum absolute atomic E-state index is 6.28. The third-order valence-corrected chi connectivity index (χ3v) is 8.70. The van der Waals surface area contributed by atoms with Gasteiger partial charge in [0.2, 0.25) is 0 Å². The molecule has 5 rings (SSSR count). The smallest absolute Gasteiger partial charge is 0.185 e. The molecule has 0 amide bonds. The molecule has 1 saturated heterocycles. The lowest BCUT2D eigenvalue weighted by molar-refractivity contribution is -0.00458. The Bertz CT molecular complexity index is 1380. The van der Waals surface area contributed by atoms with Crippen molar-refractivity contribution in [1.29, 1.82) is 0 Å². The first-order chi connectivity index (χ1) is 20.2. The minimum Gasteiger partial charge on any atom is -0.493 e. The lowest BCUT2D eigenvalue weighted by atomic mass is 9.97. The van der Waals surface area contributed by atoms with Crippen LogP contribution in [0.4, 0.5) is 5.69 Å². The number of allylic oxidation sites excluding steroid dienone is 1. The van der Waals surface area contributed by atoms with E-state index in [4.69, 9.17) is 14.2 Å². The zero-order chi connectivity index (χ0) is 29.9. The Labute approximate surface area is 260 Å². The average Bonchev–Trinajstić information content (AvgIpc) is 3.84. The van der Waals surface area contributed by atoms with Gasteiger partial charge in [0.25, 0.3) is 0 Å². The molecule has 0 unspecified atom stereocenters. The summed E-state index contributed by atoms with van der Waals surface area (Å²) in [5, 5.41) is 0. The molecular formula is C36H45BrN2O3. The number of ether oxygens (including phenoxy) is 3. The number of benzene rings is 3. The van der Waals surface area contributed by atoms with Crippen LogP contribution in [0.5, 0.6) is 11.5 Å². The van der Waals surface area contributed by atoms with Crippen molar-refractivity contribution in [2.24, 2.45) is 0 Å². The highest BCUT2D eigenvalue weighted by Crippen LogP contribution is 2.49. The number of piperidine rings is 1. The first-order valence-electron chi connectivity index (χ1n) is 15.2. The highest BCUT2D eigenvalue weighted by Gasteiger charge is 2.30. The fourth-order valence-corrected chi connectivity index (χ4v) is 6.25. The second-order valence-corrected chi connectivity index (χ2v) is 13.4. The highest BCUT2D eigenvalue weighted by atomic mass is 79.9. The largest absolute Gasteiger partial charge is 0.493 e. The summed E-state index contributed by atoms with van der Waals surface area (Å²) in [7, 11) is 3.47. The number of anilines is 1. The fraction of sp³-hybridized carbons (Fsp3) is 0.444. The van der Waals surface area contributed by atoms with E-state index in [-0.39, 0.29) is 5.60 Å². The van der Waals surface area contributed by atoms with Gasteiger partial charge >= 0.3 is 0 Å². The standard InChI is InChI=1S/C36H45BrN2O3/c1-7-34(42-36(2,3)4)38-19-17-31(18-20-38)39(30-15-13-29(37)14-16-30)24-25-9-8-10-27(21-25)28-22-32(26-11-12-26)35(41-6)33(23-28)40-5/h7-10,13-16,21-23,26,31H,11-12,17-20,24H2,1-6H3/b34-7-. The molecule has 0 radical (unpaired) electrons. The van der Waals surface area contributed by atoms with Crippen molar-refractivity contribution in [3.05, 3.63) is 88.2 Å². The zero-order valence-corrected chi connectivity index (χ0v) is 27.5. The van der Waals surface area contributed by atoms with Crippen molar-refractivity contribution in [3.8, 4) is 22.6 Å². The summed E-state index contributed by atoms with van der Waals surface area (Å²) in [5.41, 5.74) is 5.99. The molecule has 224 valence electrons. The van der Waals surface area contributed by atoms with Gasteiger partial charge in [-0.3, -0.25) is 0 Å².